The zero-order valence-electron chi connectivity index (χ0n) is 10.6. The molecule has 0 bridgehead atoms. The second-order valence-electron chi connectivity index (χ2n) is 4.51. The molecule has 0 spiro atoms. The minimum atomic E-state index is -0.0349. The number of hydrogen-bond donors (Lipinski definition) is 1. The van der Waals surface area contributed by atoms with Gasteiger partial charge in [0, 0.05) is 11.8 Å². The number of carbonyl (C=O) groups excluding carboxylic acids is 1. The molecule has 1 aliphatic carbocycles. The lowest BCUT2D eigenvalue weighted by atomic mass is 9.77. The molecule has 0 radical (unpaired) electrons. The van der Waals surface area contributed by atoms with E-state index in [1.165, 1.54) is 0 Å². The third-order valence-corrected chi connectivity index (χ3v) is 3.43. The predicted octanol–water partition coefficient (Wildman–Crippen LogP) is 2.23. The molecule has 1 rings (SSSR count). The first-order valence-corrected chi connectivity index (χ1v) is 5.90. The molecule has 0 unspecified atom stereocenters. The van der Waals surface area contributed by atoms with E-state index in [0.29, 0.717) is 5.92 Å². The highest BCUT2D eigenvalue weighted by Crippen LogP contribution is 2.30. The molecule has 0 aromatic carbocycles. The quantitative estimate of drug-likeness (QED) is 0.465. The van der Waals surface area contributed by atoms with Gasteiger partial charge in [-0.05, 0) is 39.5 Å². The lowest BCUT2D eigenvalue weighted by molar-refractivity contribution is -0.117. The van der Waals surface area contributed by atoms with E-state index in [1.54, 1.807) is 14.0 Å². The van der Waals surface area contributed by atoms with Crippen molar-refractivity contribution in [2.24, 2.45) is 22.1 Å². The molecule has 5 heteroatoms. The van der Waals surface area contributed by atoms with Crippen molar-refractivity contribution < 1.29 is 14.8 Å². The SMILES string of the molecule is CO/N=C(\C)C1CCC(C(=O)/C(C)=N/O)CC1. The molecule has 96 valence electrons. The third-order valence-electron chi connectivity index (χ3n) is 3.43. The van der Waals surface area contributed by atoms with Crippen LogP contribution >= 0.6 is 0 Å². The molecule has 1 saturated carbocycles. The van der Waals surface area contributed by atoms with Crippen molar-refractivity contribution in [2.75, 3.05) is 7.11 Å². The van der Waals surface area contributed by atoms with Crippen LogP contribution in [0.5, 0.6) is 0 Å². The maximum absolute atomic E-state index is 11.8. The second kappa shape index (κ2) is 6.37. The Balaban J connectivity index is 2.51. The average Bonchev–Trinajstić information content (AvgIpc) is 2.37. The second-order valence-corrected chi connectivity index (χ2v) is 4.51. The zero-order valence-corrected chi connectivity index (χ0v) is 10.6. The molecule has 0 atom stereocenters. The Morgan fingerprint density at radius 2 is 1.71 bits per heavy atom. The fraction of sp³-hybridized carbons (Fsp3) is 0.750. The van der Waals surface area contributed by atoms with E-state index in [1.807, 2.05) is 6.92 Å². The van der Waals surface area contributed by atoms with Gasteiger partial charge in [0.1, 0.15) is 12.8 Å². The zero-order chi connectivity index (χ0) is 12.8. The number of carbonyl (C=O) groups is 1. The Morgan fingerprint density at radius 1 is 1.18 bits per heavy atom. The van der Waals surface area contributed by atoms with Gasteiger partial charge in [-0.15, -0.1) is 0 Å². The van der Waals surface area contributed by atoms with E-state index in [-0.39, 0.29) is 17.4 Å². The van der Waals surface area contributed by atoms with E-state index >= 15 is 0 Å². The van der Waals surface area contributed by atoms with Crippen LogP contribution in [0.1, 0.15) is 39.5 Å². The lowest BCUT2D eigenvalue weighted by Crippen LogP contribution is -2.28. The summed E-state index contributed by atoms with van der Waals surface area (Å²) >= 11 is 0. The number of hydrogen-bond acceptors (Lipinski definition) is 5. The van der Waals surface area contributed by atoms with Gasteiger partial charge in [-0.1, -0.05) is 10.3 Å². The molecule has 0 aromatic rings. The van der Waals surface area contributed by atoms with Crippen LogP contribution in [0.15, 0.2) is 10.3 Å². The average molecular weight is 240 g/mol. The number of rotatable bonds is 4. The maximum Gasteiger partial charge on any atom is 0.183 e. The molecule has 0 aliphatic heterocycles. The third kappa shape index (κ3) is 3.54. The largest absolute Gasteiger partial charge is 0.411 e. The Kier molecular flexibility index (Phi) is 5.12. The van der Waals surface area contributed by atoms with Crippen LogP contribution in [0.2, 0.25) is 0 Å². The van der Waals surface area contributed by atoms with Gasteiger partial charge in [0.15, 0.2) is 5.78 Å². The molecule has 1 aliphatic rings. The molecule has 0 saturated heterocycles. The topological polar surface area (TPSA) is 71.2 Å². The van der Waals surface area contributed by atoms with Gasteiger partial charge in [-0.3, -0.25) is 4.79 Å². The lowest BCUT2D eigenvalue weighted by Gasteiger charge is -2.26. The first-order chi connectivity index (χ1) is 8.10. The maximum atomic E-state index is 11.8. The molecular weight excluding hydrogens is 220 g/mol. The van der Waals surface area contributed by atoms with Gasteiger partial charge in [0.25, 0.3) is 0 Å². The van der Waals surface area contributed by atoms with Crippen LogP contribution < -0.4 is 0 Å². The van der Waals surface area contributed by atoms with Crippen LogP contribution in [0.25, 0.3) is 0 Å². The highest BCUT2D eigenvalue weighted by molar-refractivity contribution is 6.39. The summed E-state index contributed by atoms with van der Waals surface area (Å²) < 4.78 is 0. The highest BCUT2D eigenvalue weighted by Gasteiger charge is 2.28. The number of nitrogens with zero attached hydrogens (tertiary/aromatic N) is 2. The Labute approximate surface area is 102 Å². The van der Waals surface area contributed by atoms with E-state index < -0.39 is 0 Å². The van der Waals surface area contributed by atoms with Crippen molar-refractivity contribution in [3.63, 3.8) is 0 Å². The summed E-state index contributed by atoms with van der Waals surface area (Å²) in [5.74, 6) is 0.371. The summed E-state index contributed by atoms with van der Waals surface area (Å²) in [6.07, 6.45) is 3.53. The van der Waals surface area contributed by atoms with Gasteiger partial charge in [-0.25, -0.2) is 0 Å². The van der Waals surface area contributed by atoms with Crippen LogP contribution in [0.3, 0.4) is 0 Å². The smallest absolute Gasteiger partial charge is 0.183 e. The van der Waals surface area contributed by atoms with Gasteiger partial charge >= 0.3 is 0 Å². The minimum Gasteiger partial charge on any atom is -0.411 e. The van der Waals surface area contributed by atoms with Gasteiger partial charge in [0.2, 0.25) is 0 Å². The van der Waals surface area contributed by atoms with E-state index in [2.05, 4.69) is 10.3 Å². The fourth-order valence-electron chi connectivity index (χ4n) is 2.34. The summed E-state index contributed by atoms with van der Waals surface area (Å²) in [5, 5.41) is 15.5. The Morgan fingerprint density at radius 3 is 2.18 bits per heavy atom. The van der Waals surface area contributed by atoms with Gasteiger partial charge < -0.3 is 10.0 Å². The normalized spacial score (nSPS) is 26.8. The number of oxime groups is 2. The van der Waals surface area contributed by atoms with Gasteiger partial charge in [0.05, 0.1) is 5.71 Å². The van der Waals surface area contributed by atoms with Gasteiger partial charge in [-0.2, -0.15) is 0 Å². The van der Waals surface area contributed by atoms with Crippen molar-refractivity contribution in [3.05, 3.63) is 0 Å². The van der Waals surface area contributed by atoms with E-state index in [4.69, 9.17) is 10.0 Å². The monoisotopic (exact) mass is 240 g/mol. The summed E-state index contributed by atoms with van der Waals surface area (Å²) in [6, 6.07) is 0. The van der Waals surface area contributed by atoms with Crippen LogP contribution in [-0.4, -0.2) is 29.5 Å². The van der Waals surface area contributed by atoms with Crippen molar-refractivity contribution in [3.8, 4) is 0 Å². The summed E-state index contributed by atoms with van der Waals surface area (Å²) in [6.45, 7) is 3.50. The van der Waals surface area contributed by atoms with Crippen molar-refractivity contribution >= 4 is 17.2 Å². The molecule has 5 nitrogen and oxygen atoms in total. The molecule has 0 heterocycles. The summed E-state index contributed by atoms with van der Waals surface area (Å²) in [7, 11) is 1.54. The van der Waals surface area contributed by atoms with Crippen LogP contribution in [-0.2, 0) is 9.63 Å². The first-order valence-electron chi connectivity index (χ1n) is 5.90. The fourth-order valence-corrected chi connectivity index (χ4v) is 2.34. The first kappa shape index (κ1) is 13.7. The molecule has 0 amide bonds. The Bertz CT molecular complexity index is 329. The number of Topliss-reactive ketones (excluding diaryl/α,β-unsaturated/α-hetero) is 1. The van der Waals surface area contributed by atoms with Crippen LogP contribution in [0, 0.1) is 11.8 Å². The molecule has 0 aromatic heterocycles. The minimum absolute atomic E-state index is 0.00232. The van der Waals surface area contributed by atoms with Crippen LogP contribution in [0.4, 0.5) is 0 Å². The standard InChI is InChI=1S/C12H20N2O3/c1-8(14-17-3)10-4-6-11(7-5-10)12(15)9(2)13-16/h10-11,16H,4-7H2,1-3H3/b13-9+,14-8+. The van der Waals surface area contributed by atoms with E-state index in [9.17, 15) is 4.79 Å². The number of ketones is 1. The molecule has 1 N–H and O–H groups in total. The Hall–Kier alpha value is -1.39. The summed E-state index contributed by atoms with van der Waals surface area (Å²) in [5.41, 5.74) is 1.20. The van der Waals surface area contributed by atoms with Crippen molar-refractivity contribution in [1.82, 2.24) is 0 Å². The molecule has 17 heavy (non-hydrogen) atoms. The van der Waals surface area contributed by atoms with Crippen molar-refractivity contribution in [2.45, 2.75) is 39.5 Å². The highest BCUT2D eigenvalue weighted by atomic mass is 16.6. The van der Waals surface area contributed by atoms with E-state index in [0.717, 1.165) is 31.4 Å². The molecule has 1 fully saturated rings. The summed E-state index contributed by atoms with van der Waals surface area (Å²) in [4.78, 5) is 16.5. The predicted molar refractivity (Wildman–Crippen MR) is 65.5 cm³/mol. The van der Waals surface area contributed by atoms with Crippen molar-refractivity contribution in [1.29, 1.82) is 0 Å². The molecular formula is C12H20N2O3.